The first-order chi connectivity index (χ1) is 8.77. The molecule has 1 rings (SSSR count). The number of benzene rings is 1. The van der Waals surface area contributed by atoms with Crippen LogP contribution in [-0.2, 0) is 9.47 Å². The molecule has 1 aromatic carbocycles. The van der Waals surface area contributed by atoms with Gasteiger partial charge in [-0.25, -0.2) is 0 Å². The van der Waals surface area contributed by atoms with Crippen molar-refractivity contribution in [1.82, 2.24) is 5.32 Å². The molecular formula is C14H23NO3. The zero-order valence-corrected chi connectivity index (χ0v) is 11.4. The van der Waals surface area contributed by atoms with Gasteiger partial charge in [-0.15, -0.1) is 0 Å². The van der Waals surface area contributed by atoms with Gasteiger partial charge in [0.05, 0.1) is 26.9 Å². The Kier molecular flexibility index (Phi) is 7.41. The quantitative estimate of drug-likeness (QED) is 0.683. The van der Waals surface area contributed by atoms with Crippen molar-refractivity contribution in [1.29, 1.82) is 0 Å². The van der Waals surface area contributed by atoms with Gasteiger partial charge in [-0.3, -0.25) is 0 Å². The Bertz CT molecular complexity index is 313. The van der Waals surface area contributed by atoms with Gasteiger partial charge < -0.3 is 19.5 Å². The Labute approximate surface area is 109 Å². The maximum Gasteiger partial charge on any atom is 0.118 e. The van der Waals surface area contributed by atoms with Crippen molar-refractivity contribution in [2.45, 2.75) is 13.0 Å². The second-order valence-corrected chi connectivity index (χ2v) is 4.05. The van der Waals surface area contributed by atoms with Gasteiger partial charge in [0.25, 0.3) is 0 Å². The third-order valence-corrected chi connectivity index (χ3v) is 2.74. The Morgan fingerprint density at radius 3 is 2.39 bits per heavy atom. The van der Waals surface area contributed by atoms with Gasteiger partial charge in [-0.2, -0.15) is 0 Å². The lowest BCUT2D eigenvalue weighted by atomic mass is 10.1. The number of nitrogens with one attached hydrogen (secondary N) is 1. The standard InChI is InChI=1S/C14H23NO3/c1-12(15-8-9-18-11-10-16-2)13-4-6-14(17-3)7-5-13/h4-7,12,15H,8-11H2,1-3H3/t12-/m0/s1. The fraction of sp³-hybridized carbons (Fsp3) is 0.571. The van der Waals surface area contributed by atoms with Crippen molar-refractivity contribution in [3.63, 3.8) is 0 Å². The van der Waals surface area contributed by atoms with Gasteiger partial charge in [-0.1, -0.05) is 12.1 Å². The van der Waals surface area contributed by atoms with E-state index in [0.717, 1.165) is 12.3 Å². The normalized spacial score (nSPS) is 12.4. The Hall–Kier alpha value is -1.10. The van der Waals surface area contributed by atoms with E-state index in [2.05, 4.69) is 24.4 Å². The topological polar surface area (TPSA) is 39.7 Å². The first kappa shape index (κ1) is 15.0. The SMILES string of the molecule is COCCOCCN[C@@H](C)c1ccc(OC)cc1. The molecule has 0 fully saturated rings. The zero-order valence-electron chi connectivity index (χ0n) is 11.4. The van der Waals surface area contributed by atoms with Crippen molar-refractivity contribution >= 4 is 0 Å². The molecule has 0 unspecified atom stereocenters. The highest BCUT2D eigenvalue weighted by molar-refractivity contribution is 5.28. The van der Waals surface area contributed by atoms with E-state index in [0.29, 0.717) is 25.9 Å². The zero-order chi connectivity index (χ0) is 13.2. The molecule has 0 heterocycles. The summed E-state index contributed by atoms with van der Waals surface area (Å²) < 4.78 is 15.4. The van der Waals surface area contributed by atoms with Gasteiger partial charge in [0.2, 0.25) is 0 Å². The molecule has 0 saturated carbocycles. The van der Waals surface area contributed by atoms with Crippen LogP contribution in [0.4, 0.5) is 0 Å². The molecule has 0 amide bonds. The van der Waals surface area contributed by atoms with Crippen LogP contribution in [0.2, 0.25) is 0 Å². The Balaban J connectivity index is 2.21. The molecule has 0 aliphatic rings. The summed E-state index contributed by atoms with van der Waals surface area (Å²) in [6.07, 6.45) is 0. The van der Waals surface area contributed by atoms with E-state index >= 15 is 0 Å². The van der Waals surface area contributed by atoms with E-state index in [-0.39, 0.29) is 0 Å². The average molecular weight is 253 g/mol. The number of hydrogen-bond donors (Lipinski definition) is 1. The third-order valence-electron chi connectivity index (χ3n) is 2.74. The molecule has 0 aliphatic carbocycles. The lowest BCUT2D eigenvalue weighted by Gasteiger charge is -2.14. The second kappa shape index (κ2) is 8.91. The number of rotatable bonds is 9. The van der Waals surface area contributed by atoms with Crippen molar-refractivity contribution in [2.75, 3.05) is 40.6 Å². The summed E-state index contributed by atoms with van der Waals surface area (Å²) in [7, 11) is 3.35. The highest BCUT2D eigenvalue weighted by Gasteiger charge is 2.04. The predicted octanol–water partition coefficient (Wildman–Crippen LogP) is 2.01. The maximum atomic E-state index is 5.39. The summed E-state index contributed by atoms with van der Waals surface area (Å²) in [4.78, 5) is 0. The molecule has 0 aromatic heterocycles. The summed E-state index contributed by atoms with van der Waals surface area (Å²) in [5.74, 6) is 0.883. The molecular weight excluding hydrogens is 230 g/mol. The van der Waals surface area contributed by atoms with Crippen LogP contribution in [0.3, 0.4) is 0 Å². The summed E-state index contributed by atoms with van der Waals surface area (Å²) in [5.41, 5.74) is 1.24. The first-order valence-electron chi connectivity index (χ1n) is 6.22. The second-order valence-electron chi connectivity index (χ2n) is 4.05. The third kappa shape index (κ3) is 5.49. The first-order valence-corrected chi connectivity index (χ1v) is 6.22. The molecule has 0 saturated heterocycles. The van der Waals surface area contributed by atoms with Crippen molar-refractivity contribution in [3.05, 3.63) is 29.8 Å². The van der Waals surface area contributed by atoms with Crippen molar-refractivity contribution in [2.24, 2.45) is 0 Å². The van der Waals surface area contributed by atoms with Gasteiger partial charge in [0, 0.05) is 19.7 Å². The van der Waals surface area contributed by atoms with Gasteiger partial charge in [-0.05, 0) is 24.6 Å². The van der Waals surface area contributed by atoms with Crippen molar-refractivity contribution < 1.29 is 14.2 Å². The largest absolute Gasteiger partial charge is 0.497 e. The van der Waals surface area contributed by atoms with Crippen LogP contribution in [0.25, 0.3) is 0 Å². The molecule has 1 N–H and O–H groups in total. The molecule has 4 nitrogen and oxygen atoms in total. The van der Waals surface area contributed by atoms with Crippen LogP contribution < -0.4 is 10.1 Å². The average Bonchev–Trinajstić information content (AvgIpc) is 2.42. The number of methoxy groups -OCH3 is 2. The minimum atomic E-state index is 0.307. The molecule has 1 aromatic rings. The van der Waals surface area contributed by atoms with Gasteiger partial charge >= 0.3 is 0 Å². The lowest BCUT2D eigenvalue weighted by molar-refractivity contribution is 0.0712. The highest BCUT2D eigenvalue weighted by Crippen LogP contribution is 2.16. The van der Waals surface area contributed by atoms with Crippen molar-refractivity contribution in [3.8, 4) is 5.75 Å². The summed E-state index contributed by atoms with van der Waals surface area (Å²) in [6, 6.07) is 8.40. The highest BCUT2D eigenvalue weighted by atomic mass is 16.5. The molecule has 0 spiro atoms. The van der Waals surface area contributed by atoms with E-state index in [1.807, 2.05) is 12.1 Å². The monoisotopic (exact) mass is 253 g/mol. The molecule has 102 valence electrons. The smallest absolute Gasteiger partial charge is 0.118 e. The summed E-state index contributed by atoms with van der Waals surface area (Å²) >= 11 is 0. The molecule has 0 bridgehead atoms. The van der Waals surface area contributed by atoms with E-state index in [1.54, 1.807) is 14.2 Å². The fourth-order valence-electron chi connectivity index (χ4n) is 1.60. The van der Waals surface area contributed by atoms with E-state index in [4.69, 9.17) is 14.2 Å². The minimum absolute atomic E-state index is 0.307. The Morgan fingerprint density at radius 2 is 1.78 bits per heavy atom. The minimum Gasteiger partial charge on any atom is -0.497 e. The summed E-state index contributed by atoms with van der Waals surface area (Å²) in [5, 5.41) is 3.41. The molecule has 1 atom stereocenters. The maximum absolute atomic E-state index is 5.39. The van der Waals surface area contributed by atoms with Crippen LogP contribution >= 0.6 is 0 Å². The van der Waals surface area contributed by atoms with E-state index in [9.17, 15) is 0 Å². The van der Waals surface area contributed by atoms with Crippen LogP contribution in [0.5, 0.6) is 5.75 Å². The van der Waals surface area contributed by atoms with E-state index < -0.39 is 0 Å². The van der Waals surface area contributed by atoms with Crippen LogP contribution in [0, 0.1) is 0 Å². The molecule has 0 radical (unpaired) electrons. The number of ether oxygens (including phenoxy) is 3. The van der Waals surface area contributed by atoms with E-state index in [1.165, 1.54) is 5.56 Å². The Morgan fingerprint density at radius 1 is 1.06 bits per heavy atom. The van der Waals surface area contributed by atoms with Crippen LogP contribution in [0.15, 0.2) is 24.3 Å². The molecule has 4 heteroatoms. The molecule has 18 heavy (non-hydrogen) atoms. The van der Waals surface area contributed by atoms with Crippen LogP contribution in [0.1, 0.15) is 18.5 Å². The fourth-order valence-corrected chi connectivity index (χ4v) is 1.60. The van der Waals surface area contributed by atoms with Gasteiger partial charge in [0.15, 0.2) is 0 Å². The number of hydrogen-bond acceptors (Lipinski definition) is 4. The van der Waals surface area contributed by atoms with Crippen LogP contribution in [-0.4, -0.2) is 40.6 Å². The molecule has 0 aliphatic heterocycles. The predicted molar refractivity (Wildman–Crippen MR) is 72.1 cm³/mol. The lowest BCUT2D eigenvalue weighted by Crippen LogP contribution is -2.23. The van der Waals surface area contributed by atoms with Gasteiger partial charge in [0.1, 0.15) is 5.75 Å². The summed E-state index contributed by atoms with van der Waals surface area (Å²) in [6.45, 7) is 4.96.